The molecule has 0 aliphatic heterocycles. The molecule has 0 amide bonds. The fourth-order valence-electron chi connectivity index (χ4n) is 2.35. The molecule has 0 aliphatic rings. The zero-order chi connectivity index (χ0) is 19.1. The Hall–Kier alpha value is -3.00. The number of benzene rings is 2. The summed E-state index contributed by atoms with van der Waals surface area (Å²) < 4.78 is 11.2. The molecule has 138 valence electrons. The molecule has 1 aromatic heterocycles. The van der Waals surface area contributed by atoms with Crippen LogP contribution in [0.5, 0.6) is 11.9 Å². The summed E-state index contributed by atoms with van der Waals surface area (Å²) in [5.74, 6) is -0.114. The first-order chi connectivity index (χ1) is 13.2. The Labute approximate surface area is 164 Å². The van der Waals surface area contributed by atoms with Crippen molar-refractivity contribution in [1.82, 2.24) is 9.97 Å². The third kappa shape index (κ3) is 5.01. The van der Waals surface area contributed by atoms with Crippen molar-refractivity contribution in [2.45, 2.75) is 18.5 Å². The van der Waals surface area contributed by atoms with Crippen molar-refractivity contribution in [2.24, 2.45) is 0 Å². The minimum Gasteiger partial charge on any atom is -0.468 e. The van der Waals surface area contributed by atoms with E-state index in [-0.39, 0.29) is 41.8 Å². The molecule has 0 spiro atoms. The Morgan fingerprint density at radius 2 is 1.44 bits per heavy atom. The third-order valence-corrected chi connectivity index (χ3v) is 4.17. The molecule has 0 N–H and O–H groups in total. The Morgan fingerprint density at radius 3 is 1.96 bits per heavy atom. The molecule has 0 aliphatic carbocycles. The van der Waals surface area contributed by atoms with Gasteiger partial charge in [-0.3, -0.25) is 10.1 Å². The smallest absolute Gasteiger partial charge is 0.353 e. The molecule has 0 radical (unpaired) electrons. The van der Waals surface area contributed by atoms with Crippen LogP contribution >= 0.6 is 15.9 Å². The van der Waals surface area contributed by atoms with Crippen LogP contribution in [0.3, 0.4) is 0 Å². The van der Waals surface area contributed by atoms with Gasteiger partial charge in [-0.15, -0.1) is 0 Å². The van der Waals surface area contributed by atoms with E-state index in [9.17, 15) is 10.1 Å². The maximum absolute atomic E-state index is 11.5. The second kappa shape index (κ2) is 9.09. The SMILES string of the molecule is O=[N+]([O-])c1c(CBr)nc(OCc2ccccc2)nc1OCc1ccccc1. The lowest BCUT2D eigenvalue weighted by molar-refractivity contribution is -0.387. The zero-order valence-corrected chi connectivity index (χ0v) is 15.8. The second-order valence-electron chi connectivity index (χ2n) is 5.55. The van der Waals surface area contributed by atoms with Crippen molar-refractivity contribution in [3.05, 3.63) is 87.6 Å². The second-order valence-corrected chi connectivity index (χ2v) is 6.11. The molecule has 8 heteroatoms. The van der Waals surface area contributed by atoms with Crippen LogP contribution in [0.25, 0.3) is 0 Å². The number of nitrogens with zero attached hydrogens (tertiary/aromatic N) is 3. The Balaban J connectivity index is 1.85. The van der Waals surface area contributed by atoms with Crippen molar-refractivity contribution < 1.29 is 14.4 Å². The highest BCUT2D eigenvalue weighted by atomic mass is 79.9. The molecule has 3 rings (SSSR count). The van der Waals surface area contributed by atoms with Gasteiger partial charge in [0.2, 0.25) is 0 Å². The van der Waals surface area contributed by atoms with Crippen LogP contribution in [0.15, 0.2) is 60.7 Å². The van der Waals surface area contributed by atoms with Gasteiger partial charge in [0.1, 0.15) is 18.9 Å². The number of ether oxygens (including phenoxy) is 2. The first-order valence-corrected chi connectivity index (χ1v) is 9.24. The summed E-state index contributed by atoms with van der Waals surface area (Å²) in [6.07, 6.45) is 0. The first-order valence-electron chi connectivity index (χ1n) is 8.12. The molecule has 2 aromatic carbocycles. The lowest BCUT2D eigenvalue weighted by Gasteiger charge is -2.10. The van der Waals surface area contributed by atoms with Gasteiger partial charge in [-0.2, -0.15) is 9.97 Å². The third-order valence-electron chi connectivity index (χ3n) is 3.64. The molecule has 1 heterocycles. The highest BCUT2D eigenvalue weighted by Crippen LogP contribution is 2.32. The molecule has 0 bridgehead atoms. The number of rotatable bonds is 8. The van der Waals surface area contributed by atoms with Crippen LogP contribution in [0.2, 0.25) is 0 Å². The van der Waals surface area contributed by atoms with E-state index < -0.39 is 4.92 Å². The van der Waals surface area contributed by atoms with Crippen LogP contribution in [0, 0.1) is 10.1 Å². The standard InChI is InChI=1S/C19H16BrN3O4/c20-11-16-17(23(24)25)18(26-12-14-7-3-1-4-8-14)22-19(21-16)27-13-15-9-5-2-6-10-15/h1-10H,11-13H2. The molecule has 3 aromatic rings. The Bertz CT molecular complexity index is 908. The number of hydrogen-bond donors (Lipinski definition) is 0. The van der Waals surface area contributed by atoms with Gasteiger partial charge >= 0.3 is 17.6 Å². The average molecular weight is 430 g/mol. The number of hydrogen-bond acceptors (Lipinski definition) is 6. The molecule has 27 heavy (non-hydrogen) atoms. The zero-order valence-electron chi connectivity index (χ0n) is 14.2. The van der Waals surface area contributed by atoms with Crippen molar-refractivity contribution >= 4 is 21.6 Å². The van der Waals surface area contributed by atoms with Gasteiger partial charge in [0.25, 0.3) is 0 Å². The lowest BCUT2D eigenvalue weighted by Crippen LogP contribution is -2.08. The summed E-state index contributed by atoms with van der Waals surface area (Å²) in [4.78, 5) is 19.2. The van der Waals surface area contributed by atoms with Crippen molar-refractivity contribution in [2.75, 3.05) is 0 Å². The van der Waals surface area contributed by atoms with Gasteiger partial charge in [0, 0.05) is 0 Å². The van der Waals surface area contributed by atoms with Gasteiger partial charge in [-0.1, -0.05) is 76.6 Å². The normalized spacial score (nSPS) is 10.4. The predicted molar refractivity (Wildman–Crippen MR) is 103 cm³/mol. The average Bonchev–Trinajstić information content (AvgIpc) is 2.71. The number of aromatic nitrogens is 2. The van der Waals surface area contributed by atoms with E-state index in [4.69, 9.17) is 9.47 Å². The minimum absolute atomic E-state index is 0.0296. The highest BCUT2D eigenvalue weighted by Gasteiger charge is 2.26. The summed E-state index contributed by atoms with van der Waals surface area (Å²) in [6.45, 7) is 0.400. The molecule has 0 unspecified atom stereocenters. The van der Waals surface area contributed by atoms with Crippen LogP contribution in [-0.4, -0.2) is 14.9 Å². The van der Waals surface area contributed by atoms with E-state index in [0.717, 1.165) is 11.1 Å². The van der Waals surface area contributed by atoms with Crippen molar-refractivity contribution in [3.63, 3.8) is 0 Å². The maximum atomic E-state index is 11.5. The molecular formula is C19H16BrN3O4. The quantitative estimate of drug-likeness (QED) is 0.298. The lowest BCUT2D eigenvalue weighted by atomic mass is 10.2. The molecule has 0 saturated carbocycles. The highest BCUT2D eigenvalue weighted by molar-refractivity contribution is 9.08. The molecule has 0 saturated heterocycles. The summed E-state index contributed by atoms with van der Waals surface area (Å²) in [5, 5.41) is 11.7. The monoisotopic (exact) mass is 429 g/mol. The number of alkyl halides is 1. The summed E-state index contributed by atoms with van der Waals surface area (Å²) in [5.41, 5.74) is 1.74. The fraction of sp³-hybridized carbons (Fsp3) is 0.158. The summed E-state index contributed by atoms with van der Waals surface area (Å²) in [7, 11) is 0. The number of nitro groups is 1. The predicted octanol–water partition coefficient (Wildman–Crippen LogP) is 4.44. The number of halogens is 1. The van der Waals surface area contributed by atoms with Crippen molar-refractivity contribution in [3.8, 4) is 11.9 Å². The van der Waals surface area contributed by atoms with Crippen LogP contribution in [-0.2, 0) is 18.5 Å². The van der Waals surface area contributed by atoms with E-state index >= 15 is 0 Å². The topological polar surface area (TPSA) is 87.4 Å². The largest absolute Gasteiger partial charge is 0.468 e. The Kier molecular flexibility index (Phi) is 6.32. The van der Waals surface area contributed by atoms with Crippen LogP contribution in [0.1, 0.15) is 16.8 Å². The molecular weight excluding hydrogens is 414 g/mol. The van der Waals surface area contributed by atoms with E-state index in [1.165, 1.54) is 0 Å². The van der Waals surface area contributed by atoms with Crippen LogP contribution in [0.4, 0.5) is 5.69 Å². The van der Waals surface area contributed by atoms with Crippen LogP contribution < -0.4 is 9.47 Å². The molecule has 0 fully saturated rings. The maximum Gasteiger partial charge on any atom is 0.353 e. The minimum atomic E-state index is -0.544. The molecule has 7 nitrogen and oxygen atoms in total. The first kappa shape index (κ1) is 18.8. The molecule has 0 atom stereocenters. The summed E-state index contributed by atoms with van der Waals surface area (Å²) in [6, 6.07) is 18.9. The van der Waals surface area contributed by atoms with Crippen molar-refractivity contribution in [1.29, 1.82) is 0 Å². The van der Waals surface area contributed by atoms with E-state index in [1.54, 1.807) is 0 Å². The Morgan fingerprint density at radius 1 is 0.889 bits per heavy atom. The van der Waals surface area contributed by atoms with E-state index in [2.05, 4.69) is 25.9 Å². The van der Waals surface area contributed by atoms with Gasteiger partial charge in [0.15, 0.2) is 0 Å². The van der Waals surface area contributed by atoms with Gasteiger partial charge in [-0.05, 0) is 11.1 Å². The van der Waals surface area contributed by atoms with Gasteiger partial charge in [-0.25, -0.2) is 0 Å². The van der Waals surface area contributed by atoms with E-state index in [0.29, 0.717) is 0 Å². The van der Waals surface area contributed by atoms with Gasteiger partial charge < -0.3 is 9.47 Å². The van der Waals surface area contributed by atoms with E-state index in [1.807, 2.05) is 60.7 Å². The van der Waals surface area contributed by atoms with Gasteiger partial charge in [0.05, 0.1) is 10.3 Å². The fourth-order valence-corrected chi connectivity index (χ4v) is 2.74. The summed E-state index contributed by atoms with van der Waals surface area (Å²) >= 11 is 3.23.